The molecule has 12 heavy (non-hydrogen) atoms. The summed E-state index contributed by atoms with van der Waals surface area (Å²) in [6, 6.07) is 0. The first kappa shape index (κ1) is 8.52. The minimum atomic E-state index is -0.405. The Hall–Kier alpha value is -0.0800. The van der Waals surface area contributed by atoms with Crippen molar-refractivity contribution in [2.24, 2.45) is 23.5 Å². The van der Waals surface area contributed by atoms with Gasteiger partial charge in [-0.15, -0.1) is 0 Å². The van der Waals surface area contributed by atoms with Crippen LogP contribution in [0.3, 0.4) is 0 Å². The van der Waals surface area contributed by atoms with E-state index in [4.69, 9.17) is 5.73 Å². The molecular formula is C10H19NO. The van der Waals surface area contributed by atoms with Gasteiger partial charge in [-0.3, -0.25) is 0 Å². The van der Waals surface area contributed by atoms with Crippen LogP contribution in [0, 0.1) is 17.8 Å². The molecule has 2 saturated carbocycles. The average molecular weight is 169 g/mol. The molecule has 0 aromatic rings. The number of hydrogen-bond donors (Lipinski definition) is 2. The molecule has 2 heteroatoms. The number of fused-ring (bicyclic) bond motifs is 2. The number of hydrogen-bond acceptors (Lipinski definition) is 2. The van der Waals surface area contributed by atoms with Crippen molar-refractivity contribution in [3.63, 3.8) is 0 Å². The minimum absolute atomic E-state index is 0.285. The molecule has 0 amide bonds. The fourth-order valence-corrected chi connectivity index (χ4v) is 3.15. The third-order valence-corrected chi connectivity index (χ3v) is 4.07. The quantitative estimate of drug-likeness (QED) is 0.651. The van der Waals surface area contributed by atoms with Crippen LogP contribution < -0.4 is 5.73 Å². The number of nitrogens with two attached hydrogens (primary N) is 1. The summed E-state index contributed by atoms with van der Waals surface area (Å²) in [6.45, 7) is 2.71. The lowest BCUT2D eigenvalue weighted by atomic mass is 9.76. The maximum absolute atomic E-state index is 10.4. The Morgan fingerprint density at radius 2 is 2.33 bits per heavy atom. The molecule has 3 N–H and O–H groups in total. The predicted molar refractivity (Wildman–Crippen MR) is 48.6 cm³/mol. The molecule has 0 aliphatic heterocycles. The van der Waals surface area contributed by atoms with Crippen LogP contribution in [0.1, 0.15) is 32.6 Å². The van der Waals surface area contributed by atoms with Crippen LogP contribution in [0.2, 0.25) is 0 Å². The molecule has 2 nitrogen and oxygen atoms in total. The van der Waals surface area contributed by atoms with E-state index in [2.05, 4.69) is 6.92 Å². The van der Waals surface area contributed by atoms with Gasteiger partial charge >= 0.3 is 0 Å². The van der Waals surface area contributed by atoms with Crippen molar-refractivity contribution in [2.45, 2.75) is 38.2 Å². The maximum Gasteiger partial charge on any atom is 0.0715 e. The molecule has 0 heterocycles. The lowest BCUT2D eigenvalue weighted by Gasteiger charge is -2.37. The first-order chi connectivity index (χ1) is 5.66. The van der Waals surface area contributed by atoms with Gasteiger partial charge in [0.05, 0.1) is 5.60 Å². The lowest BCUT2D eigenvalue weighted by molar-refractivity contribution is -0.0558. The Morgan fingerprint density at radius 3 is 2.75 bits per heavy atom. The van der Waals surface area contributed by atoms with E-state index in [9.17, 15) is 5.11 Å². The van der Waals surface area contributed by atoms with E-state index in [0.29, 0.717) is 12.5 Å². The van der Waals surface area contributed by atoms with E-state index in [1.54, 1.807) is 0 Å². The zero-order valence-corrected chi connectivity index (χ0v) is 7.79. The summed E-state index contributed by atoms with van der Waals surface area (Å²) in [7, 11) is 0. The Labute approximate surface area is 74.1 Å². The van der Waals surface area contributed by atoms with E-state index in [1.165, 1.54) is 19.3 Å². The van der Waals surface area contributed by atoms with Crippen molar-refractivity contribution in [3.8, 4) is 0 Å². The highest BCUT2D eigenvalue weighted by molar-refractivity contribution is 5.03. The molecule has 70 valence electrons. The first-order valence-corrected chi connectivity index (χ1v) is 5.09. The zero-order valence-electron chi connectivity index (χ0n) is 7.79. The van der Waals surface area contributed by atoms with Crippen molar-refractivity contribution >= 4 is 0 Å². The monoisotopic (exact) mass is 169 g/mol. The molecule has 2 bridgehead atoms. The van der Waals surface area contributed by atoms with Crippen molar-refractivity contribution in [1.29, 1.82) is 0 Å². The minimum Gasteiger partial charge on any atom is -0.389 e. The molecule has 2 aliphatic carbocycles. The zero-order chi connectivity index (χ0) is 8.77. The normalized spacial score (nSPS) is 48.2. The standard InChI is InChI=1S/C10H19NO/c1-7(6-11)10(12)5-8-2-3-9(10)4-8/h7-9,12H,2-6,11H2,1H3. The molecule has 0 aromatic carbocycles. The van der Waals surface area contributed by atoms with Crippen LogP contribution in [-0.4, -0.2) is 17.3 Å². The van der Waals surface area contributed by atoms with E-state index in [0.717, 1.165) is 12.3 Å². The van der Waals surface area contributed by atoms with Crippen LogP contribution in [0.5, 0.6) is 0 Å². The van der Waals surface area contributed by atoms with Gasteiger partial charge in [0.2, 0.25) is 0 Å². The summed E-state index contributed by atoms with van der Waals surface area (Å²) in [5.74, 6) is 1.64. The summed E-state index contributed by atoms with van der Waals surface area (Å²) in [6.07, 6.45) is 4.83. The Bertz CT molecular complexity index is 183. The molecule has 0 spiro atoms. The molecule has 0 radical (unpaired) electrons. The molecule has 2 fully saturated rings. The summed E-state index contributed by atoms with van der Waals surface area (Å²) in [5.41, 5.74) is 5.20. The summed E-state index contributed by atoms with van der Waals surface area (Å²) < 4.78 is 0. The van der Waals surface area contributed by atoms with E-state index >= 15 is 0 Å². The Balaban J connectivity index is 2.12. The molecule has 0 aromatic heterocycles. The summed E-state index contributed by atoms with van der Waals surface area (Å²) in [5, 5.41) is 10.4. The highest BCUT2D eigenvalue weighted by Crippen LogP contribution is 2.53. The van der Waals surface area contributed by atoms with Crippen molar-refractivity contribution in [2.75, 3.05) is 6.54 Å². The van der Waals surface area contributed by atoms with Gasteiger partial charge in [0.1, 0.15) is 0 Å². The largest absolute Gasteiger partial charge is 0.389 e. The molecule has 0 saturated heterocycles. The van der Waals surface area contributed by atoms with Gasteiger partial charge in [0.25, 0.3) is 0 Å². The highest BCUT2D eigenvalue weighted by atomic mass is 16.3. The van der Waals surface area contributed by atoms with Gasteiger partial charge in [0, 0.05) is 0 Å². The fraction of sp³-hybridized carbons (Fsp3) is 1.00. The van der Waals surface area contributed by atoms with Gasteiger partial charge in [0.15, 0.2) is 0 Å². The molecular weight excluding hydrogens is 150 g/mol. The first-order valence-electron chi connectivity index (χ1n) is 5.09. The van der Waals surface area contributed by atoms with Crippen LogP contribution in [0.25, 0.3) is 0 Å². The summed E-state index contributed by atoms with van der Waals surface area (Å²) in [4.78, 5) is 0. The van der Waals surface area contributed by atoms with Crippen molar-refractivity contribution in [3.05, 3.63) is 0 Å². The lowest BCUT2D eigenvalue weighted by Crippen LogP contribution is -2.44. The summed E-state index contributed by atoms with van der Waals surface area (Å²) >= 11 is 0. The van der Waals surface area contributed by atoms with Crippen LogP contribution in [0.15, 0.2) is 0 Å². The maximum atomic E-state index is 10.4. The Kier molecular flexibility index (Phi) is 1.92. The molecule has 2 aliphatic rings. The molecule has 4 atom stereocenters. The van der Waals surface area contributed by atoms with Crippen LogP contribution >= 0.6 is 0 Å². The van der Waals surface area contributed by atoms with Gasteiger partial charge in [-0.05, 0) is 50.0 Å². The molecule has 2 rings (SSSR count). The number of aliphatic hydroxyl groups is 1. The highest BCUT2D eigenvalue weighted by Gasteiger charge is 2.52. The third kappa shape index (κ3) is 1.01. The number of rotatable bonds is 2. The van der Waals surface area contributed by atoms with Crippen LogP contribution in [-0.2, 0) is 0 Å². The van der Waals surface area contributed by atoms with Gasteiger partial charge in [-0.2, -0.15) is 0 Å². The van der Waals surface area contributed by atoms with E-state index < -0.39 is 5.60 Å². The fourth-order valence-electron chi connectivity index (χ4n) is 3.15. The second kappa shape index (κ2) is 2.71. The van der Waals surface area contributed by atoms with Crippen molar-refractivity contribution in [1.82, 2.24) is 0 Å². The van der Waals surface area contributed by atoms with Gasteiger partial charge in [-0.1, -0.05) is 6.92 Å². The topological polar surface area (TPSA) is 46.2 Å². The van der Waals surface area contributed by atoms with Gasteiger partial charge in [-0.25, -0.2) is 0 Å². The predicted octanol–water partition coefficient (Wildman–Crippen LogP) is 1.13. The molecule has 4 unspecified atom stereocenters. The second-order valence-corrected chi connectivity index (χ2v) is 4.71. The van der Waals surface area contributed by atoms with Gasteiger partial charge < -0.3 is 10.8 Å². The van der Waals surface area contributed by atoms with E-state index in [1.807, 2.05) is 0 Å². The van der Waals surface area contributed by atoms with Crippen LogP contribution in [0.4, 0.5) is 0 Å². The van der Waals surface area contributed by atoms with Crippen molar-refractivity contribution < 1.29 is 5.11 Å². The SMILES string of the molecule is CC(CN)C1(O)CC2CCC1C2. The van der Waals surface area contributed by atoms with E-state index in [-0.39, 0.29) is 5.92 Å². The third-order valence-electron chi connectivity index (χ3n) is 4.07. The second-order valence-electron chi connectivity index (χ2n) is 4.71. The smallest absolute Gasteiger partial charge is 0.0715 e. The Morgan fingerprint density at radius 1 is 1.58 bits per heavy atom. The average Bonchev–Trinajstić information content (AvgIpc) is 2.62.